The van der Waals surface area contributed by atoms with E-state index in [2.05, 4.69) is 15.6 Å². The lowest BCUT2D eigenvalue weighted by molar-refractivity contribution is -0.116. The van der Waals surface area contributed by atoms with Gasteiger partial charge in [-0.15, -0.1) is 11.3 Å². The van der Waals surface area contributed by atoms with Crippen LogP contribution >= 0.6 is 11.3 Å². The molecule has 0 bridgehead atoms. The molecule has 1 heterocycles. The van der Waals surface area contributed by atoms with Crippen molar-refractivity contribution >= 4 is 34.0 Å². The number of hydrogen-bond donors (Lipinski definition) is 2. The first-order chi connectivity index (χ1) is 13.5. The standard InChI is InChI=1S/C20H18FN3O3S/c1-27-17-4-2-3-15(11-17)22-18(25)10-9-16-12-28-20(23-16)24-19(26)13-5-7-14(21)8-6-13/h2-8,11-12H,9-10H2,1H3,(H,22,25)(H,23,24,26). The van der Waals surface area contributed by atoms with E-state index in [0.29, 0.717) is 34.2 Å². The van der Waals surface area contributed by atoms with Gasteiger partial charge in [0.1, 0.15) is 11.6 Å². The van der Waals surface area contributed by atoms with Crippen LogP contribution in [0.5, 0.6) is 5.75 Å². The molecular weight excluding hydrogens is 381 g/mol. The Balaban J connectivity index is 1.50. The molecule has 8 heteroatoms. The first kappa shape index (κ1) is 19.5. The third-order valence-electron chi connectivity index (χ3n) is 3.84. The first-order valence-corrected chi connectivity index (χ1v) is 9.36. The highest BCUT2D eigenvalue weighted by molar-refractivity contribution is 7.14. The number of rotatable bonds is 7. The number of halogens is 1. The van der Waals surface area contributed by atoms with Gasteiger partial charge in [0.15, 0.2) is 5.13 Å². The molecule has 1 aromatic heterocycles. The highest BCUT2D eigenvalue weighted by Crippen LogP contribution is 2.19. The summed E-state index contributed by atoms with van der Waals surface area (Å²) in [6.45, 7) is 0. The summed E-state index contributed by atoms with van der Waals surface area (Å²) in [5, 5.41) is 7.70. The van der Waals surface area contributed by atoms with Gasteiger partial charge in [-0.3, -0.25) is 14.9 Å². The molecule has 28 heavy (non-hydrogen) atoms. The second kappa shape index (κ2) is 9.09. The molecule has 3 rings (SSSR count). The van der Waals surface area contributed by atoms with Crippen molar-refractivity contribution < 1.29 is 18.7 Å². The van der Waals surface area contributed by atoms with E-state index in [0.717, 1.165) is 0 Å². The highest BCUT2D eigenvalue weighted by atomic mass is 32.1. The summed E-state index contributed by atoms with van der Waals surface area (Å²) < 4.78 is 18.0. The van der Waals surface area contributed by atoms with E-state index < -0.39 is 5.82 Å². The van der Waals surface area contributed by atoms with Crippen molar-refractivity contribution in [3.05, 3.63) is 71.0 Å². The zero-order chi connectivity index (χ0) is 19.9. The van der Waals surface area contributed by atoms with E-state index in [1.54, 1.807) is 36.8 Å². The van der Waals surface area contributed by atoms with E-state index in [4.69, 9.17) is 4.74 Å². The molecule has 0 fully saturated rings. The summed E-state index contributed by atoms with van der Waals surface area (Å²) >= 11 is 1.27. The molecule has 2 aromatic carbocycles. The van der Waals surface area contributed by atoms with Gasteiger partial charge in [0.2, 0.25) is 5.91 Å². The number of nitrogens with zero attached hydrogens (tertiary/aromatic N) is 1. The van der Waals surface area contributed by atoms with Gasteiger partial charge in [-0.1, -0.05) is 6.07 Å². The van der Waals surface area contributed by atoms with Crippen molar-refractivity contribution in [3.8, 4) is 5.75 Å². The van der Waals surface area contributed by atoms with Crippen molar-refractivity contribution in [1.82, 2.24) is 4.98 Å². The number of methoxy groups -OCH3 is 1. The Hall–Kier alpha value is -3.26. The molecule has 2 N–H and O–H groups in total. The molecule has 2 amide bonds. The number of anilines is 2. The van der Waals surface area contributed by atoms with Gasteiger partial charge in [0.05, 0.1) is 12.8 Å². The lowest BCUT2D eigenvalue weighted by Crippen LogP contribution is -2.13. The maximum absolute atomic E-state index is 12.9. The second-order valence-corrected chi connectivity index (χ2v) is 6.74. The van der Waals surface area contributed by atoms with Crippen LogP contribution in [0, 0.1) is 5.82 Å². The quantitative estimate of drug-likeness (QED) is 0.626. The lowest BCUT2D eigenvalue weighted by atomic mass is 10.2. The largest absolute Gasteiger partial charge is 0.497 e. The van der Waals surface area contributed by atoms with E-state index in [1.807, 2.05) is 0 Å². The van der Waals surface area contributed by atoms with Crippen LogP contribution in [0.25, 0.3) is 0 Å². The Labute approximate surface area is 165 Å². The zero-order valence-corrected chi connectivity index (χ0v) is 15.9. The number of nitrogens with one attached hydrogen (secondary N) is 2. The maximum Gasteiger partial charge on any atom is 0.257 e. The van der Waals surface area contributed by atoms with Crippen molar-refractivity contribution in [2.45, 2.75) is 12.8 Å². The number of ether oxygens (including phenoxy) is 1. The van der Waals surface area contributed by atoms with Crippen LogP contribution in [0.1, 0.15) is 22.5 Å². The fourth-order valence-electron chi connectivity index (χ4n) is 2.42. The molecular formula is C20H18FN3O3S. The normalized spacial score (nSPS) is 10.4. The Kier molecular flexibility index (Phi) is 6.33. The summed E-state index contributed by atoms with van der Waals surface area (Å²) in [7, 11) is 1.57. The minimum atomic E-state index is -0.402. The predicted molar refractivity (Wildman–Crippen MR) is 106 cm³/mol. The van der Waals surface area contributed by atoms with Gasteiger partial charge in [0.25, 0.3) is 5.91 Å². The number of amides is 2. The van der Waals surface area contributed by atoms with Crippen LogP contribution in [0.2, 0.25) is 0 Å². The average Bonchev–Trinajstić information content (AvgIpc) is 3.14. The minimum Gasteiger partial charge on any atom is -0.497 e. The van der Waals surface area contributed by atoms with E-state index in [9.17, 15) is 14.0 Å². The predicted octanol–water partition coefficient (Wildman–Crippen LogP) is 4.11. The molecule has 0 saturated carbocycles. The van der Waals surface area contributed by atoms with Crippen LogP contribution in [-0.4, -0.2) is 23.9 Å². The number of thiazole rings is 1. The second-order valence-electron chi connectivity index (χ2n) is 5.89. The Bertz CT molecular complexity index is 973. The minimum absolute atomic E-state index is 0.141. The van der Waals surface area contributed by atoms with E-state index >= 15 is 0 Å². The molecule has 0 spiro atoms. The summed E-state index contributed by atoms with van der Waals surface area (Å²) in [6, 6.07) is 12.4. The Morgan fingerprint density at radius 2 is 1.93 bits per heavy atom. The molecule has 0 aliphatic rings. The smallest absolute Gasteiger partial charge is 0.257 e. The van der Waals surface area contributed by atoms with Gasteiger partial charge in [-0.2, -0.15) is 0 Å². The summed E-state index contributed by atoms with van der Waals surface area (Å²) in [6.07, 6.45) is 0.699. The van der Waals surface area contributed by atoms with Crippen LogP contribution < -0.4 is 15.4 Å². The van der Waals surface area contributed by atoms with Gasteiger partial charge in [0, 0.05) is 29.1 Å². The van der Waals surface area contributed by atoms with Gasteiger partial charge in [-0.05, 0) is 42.8 Å². The summed E-state index contributed by atoms with van der Waals surface area (Å²) in [4.78, 5) is 28.5. The van der Waals surface area contributed by atoms with Crippen LogP contribution in [0.15, 0.2) is 53.9 Å². The maximum atomic E-state index is 12.9. The Morgan fingerprint density at radius 3 is 2.68 bits per heavy atom. The highest BCUT2D eigenvalue weighted by Gasteiger charge is 2.11. The number of carbonyl (C=O) groups excluding carboxylic acids is 2. The van der Waals surface area contributed by atoms with E-state index in [-0.39, 0.29) is 18.2 Å². The summed E-state index contributed by atoms with van der Waals surface area (Å²) in [5.74, 6) is -0.242. The molecule has 6 nitrogen and oxygen atoms in total. The topological polar surface area (TPSA) is 80.3 Å². The molecule has 0 saturated heterocycles. The van der Waals surface area contributed by atoms with Crippen molar-refractivity contribution in [2.24, 2.45) is 0 Å². The molecule has 144 valence electrons. The van der Waals surface area contributed by atoms with Crippen molar-refractivity contribution in [2.75, 3.05) is 17.7 Å². The monoisotopic (exact) mass is 399 g/mol. The fraction of sp³-hybridized carbons (Fsp3) is 0.150. The number of aryl methyl sites for hydroxylation is 1. The van der Waals surface area contributed by atoms with Gasteiger partial charge < -0.3 is 10.1 Å². The number of hydrogen-bond acceptors (Lipinski definition) is 5. The SMILES string of the molecule is COc1cccc(NC(=O)CCc2csc(NC(=O)c3ccc(F)cc3)n2)c1. The van der Waals surface area contributed by atoms with Crippen LogP contribution in [0.3, 0.4) is 0 Å². The van der Waals surface area contributed by atoms with Crippen molar-refractivity contribution in [1.29, 1.82) is 0 Å². The number of aromatic nitrogens is 1. The molecule has 0 aliphatic heterocycles. The summed E-state index contributed by atoms with van der Waals surface area (Å²) in [5.41, 5.74) is 1.71. The molecule has 3 aromatic rings. The molecule has 0 unspecified atom stereocenters. The molecule has 0 aliphatic carbocycles. The Morgan fingerprint density at radius 1 is 1.14 bits per heavy atom. The molecule has 0 atom stereocenters. The third kappa shape index (κ3) is 5.37. The van der Waals surface area contributed by atoms with Gasteiger partial charge >= 0.3 is 0 Å². The number of carbonyl (C=O) groups is 2. The lowest BCUT2D eigenvalue weighted by Gasteiger charge is -2.06. The third-order valence-corrected chi connectivity index (χ3v) is 4.65. The average molecular weight is 399 g/mol. The molecule has 0 radical (unpaired) electrons. The van der Waals surface area contributed by atoms with Gasteiger partial charge in [-0.25, -0.2) is 9.37 Å². The fourth-order valence-corrected chi connectivity index (χ4v) is 3.16. The van der Waals surface area contributed by atoms with Crippen molar-refractivity contribution in [3.63, 3.8) is 0 Å². The van der Waals surface area contributed by atoms with Crippen LogP contribution in [0.4, 0.5) is 15.2 Å². The number of benzene rings is 2. The van der Waals surface area contributed by atoms with E-state index in [1.165, 1.54) is 35.6 Å². The van der Waals surface area contributed by atoms with Crippen LogP contribution in [-0.2, 0) is 11.2 Å². The first-order valence-electron chi connectivity index (χ1n) is 8.49. The zero-order valence-electron chi connectivity index (χ0n) is 15.1.